The Morgan fingerprint density at radius 3 is 2.35 bits per heavy atom. The van der Waals surface area contributed by atoms with Crippen molar-refractivity contribution < 1.29 is 23.8 Å². The quantitative estimate of drug-likeness (QED) is 0.509. The maximum atomic E-state index is 13.0. The first-order valence-electron chi connectivity index (χ1n) is 10.8. The molecule has 0 aliphatic carbocycles. The molecule has 3 aromatic carbocycles. The lowest BCUT2D eigenvalue weighted by molar-refractivity contribution is -0.136. The minimum Gasteiger partial charge on any atom is -0.497 e. The SMILES string of the molecule is COC(=O)C1=C(c2ccc(OC)cc2)NC(=O)NC1c1ccccc1OCc1ccccc1C. The van der Waals surface area contributed by atoms with Crippen molar-refractivity contribution in [3.63, 3.8) is 0 Å². The van der Waals surface area contributed by atoms with E-state index in [1.807, 2.05) is 55.5 Å². The van der Waals surface area contributed by atoms with Crippen molar-refractivity contribution in [1.29, 1.82) is 0 Å². The lowest BCUT2D eigenvalue weighted by atomic mass is 9.92. The molecule has 7 heteroatoms. The third-order valence-electron chi connectivity index (χ3n) is 5.73. The van der Waals surface area contributed by atoms with Crippen molar-refractivity contribution in [2.75, 3.05) is 14.2 Å². The second-order valence-electron chi connectivity index (χ2n) is 7.79. The highest BCUT2D eigenvalue weighted by atomic mass is 16.5. The standard InChI is InChI=1S/C27H26N2O5/c1-17-8-4-5-9-19(17)16-34-22-11-7-6-10-21(22)25-23(26(30)33-3)24(28-27(31)29-25)18-12-14-20(32-2)15-13-18/h4-15,25H,16H2,1-3H3,(H2,28,29,31). The maximum Gasteiger partial charge on any atom is 0.338 e. The number of urea groups is 1. The van der Waals surface area contributed by atoms with E-state index in [9.17, 15) is 9.59 Å². The van der Waals surface area contributed by atoms with Crippen LogP contribution in [-0.2, 0) is 16.1 Å². The van der Waals surface area contributed by atoms with Gasteiger partial charge in [0, 0.05) is 5.56 Å². The lowest BCUT2D eigenvalue weighted by Gasteiger charge is -2.30. The van der Waals surface area contributed by atoms with Gasteiger partial charge in [-0.2, -0.15) is 0 Å². The predicted molar refractivity (Wildman–Crippen MR) is 128 cm³/mol. The highest BCUT2D eigenvalue weighted by Gasteiger charge is 2.35. The van der Waals surface area contributed by atoms with E-state index in [4.69, 9.17) is 14.2 Å². The maximum absolute atomic E-state index is 13.0. The predicted octanol–water partition coefficient (Wildman–Crippen LogP) is 4.52. The van der Waals surface area contributed by atoms with E-state index in [-0.39, 0.29) is 5.57 Å². The van der Waals surface area contributed by atoms with Gasteiger partial charge in [-0.25, -0.2) is 9.59 Å². The molecule has 0 spiro atoms. The van der Waals surface area contributed by atoms with Gasteiger partial charge in [0.1, 0.15) is 18.1 Å². The van der Waals surface area contributed by atoms with E-state index in [1.54, 1.807) is 31.4 Å². The van der Waals surface area contributed by atoms with E-state index in [0.717, 1.165) is 11.1 Å². The summed E-state index contributed by atoms with van der Waals surface area (Å²) in [6, 6.07) is 21.2. The Hall–Kier alpha value is -4.26. The van der Waals surface area contributed by atoms with Crippen LogP contribution in [0.4, 0.5) is 4.79 Å². The van der Waals surface area contributed by atoms with E-state index in [1.165, 1.54) is 7.11 Å². The molecule has 1 aliphatic rings. The number of ether oxygens (including phenoxy) is 3. The average Bonchev–Trinajstić information content (AvgIpc) is 2.87. The molecule has 4 rings (SSSR count). The van der Waals surface area contributed by atoms with Crippen molar-refractivity contribution in [2.45, 2.75) is 19.6 Å². The number of esters is 1. The summed E-state index contributed by atoms with van der Waals surface area (Å²) in [5, 5.41) is 5.62. The highest BCUT2D eigenvalue weighted by molar-refractivity contribution is 6.04. The fraction of sp³-hybridized carbons (Fsp3) is 0.185. The average molecular weight is 459 g/mol. The van der Waals surface area contributed by atoms with Gasteiger partial charge in [-0.05, 0) is 53.9 Å². The summed E-state index contributed by atoms with van der Waals surface area (Å²) in [5.74, 6) is 0.668. The normalized spacial score (nSPS) is 15.3. The number of amides is 2. The number of carbonyl (C=O) groups excluding carboxylic acids is 2. The third-order valence-corrected chi connectivity index (χ3v) is 5.73. The Bertz CT molecular complexity index is 1230. The number of methoxy groups -OCH3 is 2. The zero-order valence-corrected chi connectivity index (χ0v) is 19.3. The summed E-state index contributed by atoms with van der Waals surface area (Å²) in [6.45, 7) is 2.38. The van der Waals surface area contributed by atoms with Crippen LogP contribution in [-0.4, -0.2) is 26.2 Å². The fourth-order valence-electron chi connectivity index (χ4n) is 3.89. The molecule has 174 valence electrons. The molecule has 1 heterocycles. The number of hydrogen-bond acceptors (Lipinski definition) is 5. The number of rotatable bonds is 7. The number of aryl methyl sites for hydroxylation is 1. The molecule has 0 fully saturated rings. The van der Waals surface area contributed by atoms with Crippen LogP contribution in [0.25, 0.3) is 5.70 Å². The van der Waals surface area contributed by atoms with E-state index < -0.39 is 18.0 Å². The monoisotopic (exact) mass is 458 g/mol. The van der Waals surface area contributed by atoms with Crippen LogP contribution in [0.3, 0.4) is 0 Å². The molecule has 0 bridgehead atoms. The Morgan fingerprint density at radius 2 is 1.65 bits per heavy atom. The minimum atomic E-state index is -0.772. The van der Waals surface area contributed by atoms with Crippen molar-refractivity contribution in [1.82, 2.24) is 10.6 Å². The molecular weight excluding hydrogens is 432 g/mol. The van der Waals surface area contributed by atoms with E-state index >= 15 is 0 Å². The molecule has 1 unspecified atom stereocenters. The number of carbonyl (C=O) groups is 2. The first-order valence-corrected chi connectivity index (χ1v) is 10.8. The molecule has 0 saturated carbocycles. The van der Waals surface area contributed by atoms with Gasteiger partial charge < -0.3 is 24.8 Å². The van der Waals surface area contributed by atoms with E-state index in [0.29, 0.717) is 34.9 Å². The Kier molecular flexibility index (Phi) is 6.82. The summed E-state index contributed by atoms with van der Waals surface area (Å²) < 4.78 is 16.5. The summed E-state index contributed by atoms with van der Waals surface area (Å²) in [6.07, 6.45) is 0. The number of benzene rings is 3. The molecule has 34 heavy (non-hydrogen) atoms. The van der Waals surface area contributed by atoms with Crippen LogP contribution in [0.2, 0.25) is 0 Å². The van der Waals surface area contributed by atoms with Crippen LogP contribution in [0.15, 0.2) is 78.4 Å². The van der Waals surface area contributed by atoms with Gasteiger partial charge in [0.05, 0.1) is 31.5 Å². The second-order valence-corrected chi connectivity index (χ2v) is 7.79. The van der Waals surface area contributed by atoms with Gasteiger partial charge >= 0.3 is 12.0 Å². The lowest BCUT2D eigenvalue weighted by Crippen LogP contribution is -2.45. The molecule has 2 amide bonds. The van der Waals surface area contributed by atoms with E-state index in [2.05, 4.69) is 10.6 Å². The van der Waals surface area contributed by atoms with Crippen LogP contribution in [0, 0.1) is 6.92 Å². The van der Waals surface area contributed by atoms with Crippen LogP contribution in [0.1, 0.15) is 28.3 Å². The molecule has 1 aliphatic heterocycles. The first-order chi connectivity index (χ1) is 16.5. The van der Waals surface area contributed by atoms with Gasteiger partial charge in [-0.1, -0.05) is 42.5 Å². The van der Waals surface area contributed by atoms with Crippen LogP contribution >= 0.6 is 0 Å². The fourth-order valence-corrected chi connectivity index (χ4v) is 3.89. The van der Waals surface area contributed by atoms with Crippen molar-refractivity contribution >= 4 is 17.7 Å². The van der Waals surface area contributed by atoms with Crippen molar-refractivity contribution in [2.24, 2.45) is 0 Å². The van der Waals surface area contributed by atoms with Gasteiger partial charge in [-0.3, -0.25) is 0 Å². The number of hydrogen-bond donors (Lipinski definition) is 2. The molecule has 2 N–H and O–H groups in total. The Labute approximate surface area is 198 Å². The summed E-state index contributed by atoms with van der Waals surface area (Å²) in [4.78, 5) is 25.6. The topological polar surface area (TPSA) is 85.9 Å². The Balaban J connectivity index is 1.77. The molecule has 0 aromatic heterocycles. The van der Waals surface area contributed by atoms with Crippen LogP contribution in [0.5, 0.6) is 11.5 Å². The van der Waals surface area contributed by atoms with Gasteiger partial charge in [0.15, 0.2) is 0 Å². The molecule has 3 aromatic rings. The summed E-state index contributed by atoms with van der Waals surface area (Å²) >= 11 is 0. The number of nitrogens with one attached hydrogen (secondary N) is 2. The van der Waals surface area contributed by atoms with Crippen molar-refractivity contribution in [3.05, 3.63) is 101 Å². The van der Waals surface area contributed by atoms with Gasteiger partial charge in [0.2, 0.25) is 0 Å². The smallest absolute Gasteiger partial charge is 0.338 e. The van der Waals surface area contributed by atoms with Crippen LogP contribution < -0.4 is 20.1 Å². The third kappa shape index (κ3) is 4.73. The minimum absolute atomic E-state index is 0.277. The zero-order valence-electron chi connectivity index (χ0n) is 19.3. The molecule has 7 nitrogen and oxygen atoms in total. The van der Waals surface area contributed by atoms with Crippen molar-refractivity contribution in [3.8, 4) is 11.5 Å². The highest BCUT2D eigenvalue weighted by Crippen LogP contribution is 2.36. The second kappa shape index (κ2) is 10.1. The molecule has 0 radical (unpaired) electrons. The molecular formula is C27H26N2O5. The summed E-state index contributed by atoms with van der Waals surface area (Å²) in [7, 11) is 2.89. The number of para-hydroxylation sites is 1. The zero-order chi connectivity index (χ0) is 24.1. The van der Waals surface area contributed by atoms with Gasteiger partial charge in [-0.15, -0.1) is 0 Å². The van der Waals surface area contributed by atoms with Gasteiger partial charge in [0.25, 0.3) is 0 Å². The summed E-state index contributed by atoms with van der Waals surface area (Å²) in [5.41, 5.74) is 4.12. The molecule has 1 atom stereocenters. The largest absolute Gasteiger partial charge is 0.497 e. The Morgan fingerprint density at radius 1 is 0.941 bits per heavy atom. The molecule has 0 saturated heterocycles. The first kappa shape index (κ1) is 22.9.